The fourth-order valence-electron chi connectivity index (χ4n) is 2.59. The van der Waals surface area contributed by atoms with Gasteiger partial charge in [-0.15, -0.1) is 0 Å². The van der Waals surface area contributed by atoms with Crippen LogP contribution in [-0.2, 0) is 0 Å². The Kier molecular flexibility index (Phi) is 4.32. The Morgan fingerprint density at radius 1 is 1.19 bits per heavy atom. The molecule has 1 N–H and O–H groups in total. The highest BCUT2D eigenvalue weighted by molar-refractivity contribution is 6.30. The van der Waals surface area contributed by atoms with Gasteiger partial charge in [0, 0.05) is 10.6 Å². The van der Waals surface area contributed by atoms with Gasteiger partial charge in [-0.3, -0.25) is 0 Å². The second-order valence-electron chi connectivity index (χ2n) is 4.99. The van der Waals surface area contributed by atoms with Crippen molar-refractivity contribution >= 4 is 11.6 Å². The summed E-state index contributed by atoms with van der Waals surface area (Å²) in [7, 11) is 0. The maximum atomic E-state index is 6.09. The van der Waals surface area contributed by atoms with E-state index in [4.69, 9.17) is 21.1 Å². The van der Waals surface area contributed by atoms with Crippen LogP contribution in [0.3, 0.4) is 0 Å². The van der Waals surface area contributed by atoms with Crippen molar-refractivity contribution in [3.05, 3.63) is 59.1 Å². The zero-order chi connectivity index (χ0) is 14.7. The van der Waals surface area contributed by atoms with Crippen LogP contribution in [0, 0.1) is 0 Å². The summed E-state index contributed by atoms with van der Waals surface area (Å²) in [5, 5.41) is 4.20. The first kappa shape index (κ1) is 14.2. The summed E-state index contributed by atoms with van der Waals surface area (Å²) in [5.41, 5.74) is 1.14. The molecule has 0 bridgehead atoms. The Hall–Kier alpha value is -1.71. The van der Waals surface area contributed by atoms with Gasteiger partial charge in [0.2, 0.25) is 0 Å². The molecule has 2 aromatic carbocycles. The summed E-state index contributed by atoms with van der Waals surface area (Å²) in [5.74, 6) is 1.73. The smallest absolute Gasteiger partial charge is 0.152 e. The van der Waals surface area contributed by atoms with Gasteiger partial charge in [-0.2, -0.15) is 0 Å². The van der Waals surface area contributed by atoms with Crippen LogP contribution >= 0.6 is 11.6 Å². The van der Waals surface area contributed by atoms with Crippen molar-refractivity contribution in [3.63, 3.8) is 0 Å². The molecule has 1 aliphatic rings. The molecule has 2 aromatic rings. The quantitative estimate of drug-likeness (QED) is 0.931. The summed E-state index contributed by atoms with van der Waals surface area (Å²) < 4.78 is 11.9. The summed E-state index contributed by atoms with van der Waals surface area (Å²) in [6, 6.07) is 15.6. The van der Waals surface area contributed by atoms with Gasteiger partial charge in [-0.05, 0) is 36.9 Å². The highest BCUT2D eigenvalue weighted by atomic mass is 35.5. The van der Waals surface area contributed by atoms with Gasteiger partial charge < -0.3 is 14.8 Å². The van der Waals surface area contributed by atoms with Crippen molar-refractivity contribution in [2.45, 2.75) is 19.1 Å². The van der Waals surface area contributed by atoms with Gasteiger partial charge in [0.05, 0.1) is 6.04 Å². The summed E-state index contributed by atoms with van der Waals surface area (Å²) >= 11 is 5.91. The van der Waals surface area contributed by atoms with Crippen LogP contribution < -0.4 is 14.8 Å². The number of rotatable bonds is 4. The van der Waals surface area contributed by atoms with E-state index in [1.807, 2.05) is 42.5 Å². The van der Waals surface area contributed by atoms with E-state index >= 15 is 0 Å². The van der Waals surface area contributed by atoms with Gasteiger partial charge in [0.25, 0.3) is 0 Å². The van der Waals surface area contributed by atoms with Gasteiger partial charge in [0.15, 0.2) is 6.10 Å². The second-order valence-corrected chi connectivity index (χ2v) is 5.43. The van der Waals surface area contributed by atoms with Crippen LogP contribution in [0.5, 0.6) is 11.5 Å². The molecule has 4 heteroatoms. The predicted molar refractivity (Wildman–Crippen MR) is 84.2 cm³/mol. The number of likely N-dealkylation sites (N-methyl/N-ethyl adjacent to an activating group) is 1. The molecule has 3 rings (SSSR count). The van der Waals surface area contributed by atoms with E-state index in [1.54, 1.807) is 0 Å². The van der Waals surface area contributed by atoms with E-state index in [0.717, 1.165) is 23.6 Å². The first-order chi connectivity index (χ1) is 10.3. The topological polar surface area (TPSA) is 30.5 Å². The van der Waals surface area contributed by atoms with Crippen molar-refractivity contribution in [2.24, 2.45) is 0 Å². The Morgan fingerprint density at radius 2 is 1.95 bits per heavy atom. The second kappa shape index (κ2) is 6.37. The predicted octanol–water partition coefficient (Wildman–Crippen LogP) is 3.83. The number of ether oxygens (including phenoxy) is 2. The van der Waals surface area contributed by atoms with Crippen LogP contribution in [0.15, 0.2) is 48.5 Å². The number of nitrogens with one attached hydrogen (secondary N) is 1. The zero-order valence-electron chi connectivity index (χ0n) is 11.9. The number of fused-ring (bicyclic) bond motifs is 1. The molecule has 3 nitrogen and oxygen atoms in total. The number of benzene rings is 2. The molecule has 0 spiro atoms. The minimum atomic E-state index is -0.0685. The van der Waals surface area contributed by atoms with Crippen molar-refractivity contribution < 1.29 is 9.47 Å². The first-order valence-corrected chi connectivity index (χ1v) is 7.53. The van der Waals surface area contributed by atoms with Crippen LogP contribution in [0.1, 0.15) is 18.5 Å². The minimum Gasteiger partial charge on any atom is -0.489 e. The lowest BCUT2D eigenvalue weighted by atomic mass is 9.98. The zero-order valence-corrected chi connectivity index (χ0v) is 12.6. The lowest BCUT2D eigenvalue weighted by Gasteiger charge is -2.34. The minimum absolute atomic E-state index is 0.0685. The fraction of sp³-hybridized carbons (Fsp3) is 0.294. The molecule has 2 unspecified atom stereocenters. The van der Waals surface area contributed by atoms with E-state index < -0.39 is 0 Å². The van der Waals surface area contributed by atoms with Crippen LogP contribution in [-0.4, -0.2) is 19.3 Å². The molecule has 0 saturated heterocycles. The highest BCUT2D eigenvalue weighted by Crippen LogP contribution is 2.34. The average Bonchev–Trinajstić information content (AvgIpc) is 2.52. The SMILES string of the molecule is CCNC1c2ccccc2OCC1Oc1ccc(Cl)cc1. The molecule has 0 saturated carbocycles. The molecule has 110 valence electrons. The molecule has 1 heterocycles. The third kappa shape index (κ3) is 3.14. The van der Waals surface area contributed by atoms with Crippen LogP contribution in [0.2, 0.25) is 5.02 Å². The number of hydrogen-bond donors (Lipinski definition) is 1. The molecule has 0 fully saturated rings. The fourth-order valence-corrected chi connectivity index (χ4v) is 2.71. The monoisotopic (exact) mass is 303 g/mol. The maximum absolute atomic E-state index is 6.09. The van der Waals surface area contributed by atoms with Crippen LogP contribution in [0.25, 0.3) is 0 Å². The standard InChI is InChI=1S/C17H18ClNO2/c1-2-19-17-14-5-3-4-6-15(14)20-11-16(17)21-13-9-7-12(18)8-10-13/h3-10,16-17,19H,2,11H2,1H3. The van der Waals surface area contributed by atoms with Gasteiger partial charge in [0.1, 0.15) is 18.1 Å². The maximum Gasteiger partial charge on any atom is 0.152 e. The molecule has 2 atom stereocenters. The number of para-hydroxylation sites is 1. The lowest BCUT2D eigenvalue weighted by Crippen LogP contribution is -2.42. The van der Waals surface area contributed by atoms with Gasteiger partial charge in [-0.25, -0.2) is 0 Å². The molecular formula is C17H18ClNO2. The third-order valence-electron chi connectivity index (χ3n) is 3.55. The number of halogens is 1. The average molecular weight is 304 g/mol. The van der Waals surface area contributed by atoms with Gasteiger partial charge >= 0.3 is 0 Å². The Balaban J connectivity index is 1.83. The Bertz CT molecular complexity index is 600. The molecule has 0 aromatic heterocycles. The van der Waals surface area contributed by atoms with Gasteiger partial charge in [-0.1, -0.05) is 36.7 Å². The van der Waals surface area contributed by atoms with E-state index in [1.165, 1.54) is 0 Å². The first-order valence-electron chi connectivity index (χ1n) is 7.15. The Labute approximate surface area is 129 Å². The van der Waals surface area contributed by atoms with E-state index in [2.05, 4.69) is 18.3 Å². The molecule has 21 heavy (non-hydrogen) atoms. The normalized spacial score (nSPS) is 20.5. The lowest BCUT2D eigenvalue weighted by molar-refractivity contribution is 0.0752. The molecular weight excluding hydrogens is 286 g/mol. The summed E-state index contributed by atoms with van der Waals surface area (Å²) in [6.07, 6.45) is -0.0685. The van der Waals surface area contributed by atoms with Crippen LogP contribution in [0.4, 0.5) is 0 Å². The molecule has 1 aliphatic heterocycles. The third-order valence-corrected chi connectivity index (χ3v) is 3.81. The molecule has 0 amide bonds. The highest BCUT2D eigenvalue weighted by Gasteiger charge is 2.31. The number of hydrogen-bond acceptors (Lipinski definition) is 3. The van der Waals surface area contributed by atoms with E-state index in [-0.39, 0.29) is 12.1 Å². The summed E-state index contributed by atoms with van der Waals surface area (Å²) in [6.45, 7) is 3.49. The van der Waals surface area contributed by atoms with Crippen molar-refractivity contribution in [2.75, 3.05) is 13.2 Å². The summed E-state index contributed by atoms with van der Waals surface area (Å²) in [4.78, 5) is 0. The Morgan fingerprint density at radius 3 is 2.71 bits per heavy atom. The van der Waals surface area contributed by atoms with Crippen molar-refractivity contribution in [1.82, 2.24) is 5.32 Å². The molecule has 0 aliphatic carbocycles. The largest absolute Gasteiger partial charge is 0.489 e. The van der Waals surface area contributed by atoms with Crippen molar-refractivity contribution in [1.29, 1.82) is 0 Å². The van der Waals surface area contributed by atoms with E-state index in [0.29, 0.717) is 11.6 Å². The molecule has 0 radical (unpaired) electrons. The van der Waals surface area contributed by atoms with Crippen molar-refractivity contribution in [3.8, 4) is 11.5 Å². The van der Waals surface area contributed by atoms with E-state index in [9.17, 15) is 0 Å².